The highest BCUT2D eigenvalue weighted by molar-refractivity contribution is 7.80. The van der Waals surface area contributed by atoms with Crippen molar-refractivity contribution in [1.82, 2.24) is 0 Å². The van der Waals surface area contributed by atoms with Gasteiger partial charge in [0.15, 0.2) is 0 Å². The van der Waals surface area contributed by atoms with E-state index in [9.17, 15) is 0 Å². The summed E-state index contributed by atoms with van der Waals surface area (Å²) in [7, 11) is 0. The number of hydrogen-bond donors (Lipinski definition) is 0. The molecule has 0 N–H and O–H groups in total. The van der Waals surface area contributed by atoms with Gasteiger partial charge in [0.2, 0.25) is 0 Å². The van der Waals surface area contributed by atoms with Crippen molar-refractivity contribution in [3.05, 3.63) is 59.2 Å². The van der Waals surface area contributed by atoms with Crippen LogP contribution in [-0.2, 0) is 6.42 Å². The zero-order valence-electron chi connectivity index (χ0n) is 10.3. The lowest BCUT2D eigenvalue weighted by Crippen LogP contribution is -2.15. The number of nitriles is 2. The second kappa shape index (κ2) is 6.09. The van der Waals surface area contributed by atoms with E-state index in [0.29, 0.717) is 12.8 Å². The molecule has 0 saturated carbocycles. The molecule has 2 nitrogen and oxygen atoms in total. The maximum Gasteiger partial charge on any atom is 0.0669 e. The van der Waals surface area contributed by atoms with Gasteiger partial charge in [-0.2, -0.15) is 10.5 Å². The van der Waals surface area contributed by atoms with Crippen LogP contribution >= 0.6 is 12.2 Å². The summed E-state index contributed by atoms with van der Waals surface area (Å²) in [6, 6.07) is 12.2. The first-order valence-corrected chi connectivity index (χ1v) is 6.41. The Morgan fingerprint density at radius 1 is 1.11 bits per heavy atom. The molecule has 0 amide bonds. The van der Waals surface area contributed by atoms with Gasteiger partial charge >= 0.3 is 0 Å². The van der Waals surface area contributed by atoms with Gasteiger partial charge in [0.25, 0.3) is 0 Å². The molecule has 19 heavy (non-hydrogen) atoms. The topological polar surface area (TPSA) is 47.6 Å². The molecule has 0 bridgehead atoms. The Balaban J connectivity index is 2.48. The van der Waals surface area contributed by atoms with E-state index in [2.05, 4.69) is 12.1 Å². The number of rotatable bonds is 3. The molecule has 0 saturated heterocycles. The third kappa shape index (κ3) is 2.78. The van der Waals surface area contributed by atoms with Crippen molar-refractivity contribution in [3.8, 4) is 12.1 Å². The first-order valence-electron chi connectivity index (χ1n) is 6.00. The monoisotopic (exact) mass is 264 g/mol. The summed E-state index contributed by atoms with van der Waals surface area (Å²) in [6.07, 6.45) is 6.45. The molecule has 1 unspecified atom stereocenters. The summed E-state index contributed by atoms with van der Waals surface area (Å²) in [5.41, 5.74) is 3.02. The zero-order chi connectivity index (χ0) is 13.7. The molecule has 0 radical (unpaired) electrons. The molecule has 0 heterocycles. The van der Waals surface area contributed by atoms with Crippen LogP contribution < -0.4 is 0 Å². The third-order valence-electron chi connectivity index (χ3n) is 3.14. The van der Waals surface area contributed by atoms with Crippen LogP contribution in [0.4, 0.5) is 0 Å². The second-order valence-corrected chi connectivity index (χ2v) is 4.78. The van der Waals surface area contributed by atoms with Gasteiger partial charge in [-0.15, -0.1) is 0 Å². The molecule has 0 spiro atoms. The Bertz CT molecular complexity index is 641. The van der Waals surface area contributed by atoms with Crippen LogP contribution in [0.3, 0.4) is 0 Å². The highest BCUT2D eigenvalue weighted by Crippen LogP contribution is 2.33. The number of hydrogen-bond acceptors (Lipinski definition) is 3. The van der Waals surface area contributed by atoms with E-state index in [0.717, 1.165) is 21.6 Å². The molecule has 0 aromatic heterocycles. The second-order valence-electron chi connectivity index (χ2n) is 4.30. The smallest absolute Gasteiger partial charge is 0.0669 e. The summed E-state index contributed by atoms with van der Waals surface area (Å²) in [5, 5.41) is 17.8. The Morgan fingerprint density at radius 3 is 2.58 bits per heavy atom. The van der Waals surface area contributed by atoms with Crippen LogP contribution in [-0.4, -0.2) is 4.86 Å². The first-order chi connectivity index (χ1) is 9.27. The SMILES string of the molecule is N#CCC1=CC=CC(=S)C1c1ccccc1CC#N. The molecule has 1 aliphatic carbocycles. The zero-order valence-corrected chi connectivity index (χ0v) is 11.2. The number of thiocarbonyl (C=S) groups is 1. The molecule has 0 aliphatic heterocycles. The van der Waals surface area contributed by atoms with Crippen molar-refractivity contribution in [3.63, 3.8) is 0 Å². The van der Waals surface area contributed by atoms with Gasteiger partial charge in [-0.1, -0.05) is 48.6 Å². The molecule has 2 rings (SSSR count). The van der Waals surface area contributed by atoms with E-state index in [1.807, 2.05) is 42.5 Å². The number of nitrogens with zero attached hydrogens (tertiary/aromatic N) is 2. The third-order valence-corrected chi connectivity index (χ3v) is 3.52. The van der Waals surface area contributed by atoms with Gasteiger partial charge in [-0.3, -0.25) is 0 Å². The van der Waals surface area contributed by atoms with E-state index in [1.165, 1.54) is 0 Å². The van der Waals surface area contributed by atoms with Gasteiger partial charge in [-0.05, 0) is 22.8 Å². The fourth-order valence-corrected chi connectivity index (χ4v) is 2.67. The predicted octanol–water partition coefficient (Wildman–Crippen LogP) is 3.62. The van der Waals surface area contributed by atoms with Gasteiger partial charge in [0, 0.05) is 10.8 Å². The maximum atomic E-state index is 8.93. The van der Waals surface area contributed by atoms with Crippen LogP contribution in [0, 0.1) is 22.7 Å². The Morgan fingerprint density at radius 2 is 1.84 bits per heavy atom. The normalized spacial score (nSPS) is 17.5. The summed E-state index contributed by atoms with van der Waals surface area (Å²) in [4.78, 5) is 0.804. The predicted molar refractivity (Wildman–Crippen MR) is 78.6 cm³/mol. The standard InChI is InChI=1S/C16H12N2S/c17-10-8-12-4-1-2-6-14(12)16-13(9-11-18)5-3-7-15(16)19/h1-7,16H,8-9H2. The molecule has 1 aliphatic rings. The molecular weight excluding hydrogens is 252 g/mol. The van der Waals surface area contributed by atoms with E-state index >= 15 is 0 Å². The lowest BCUT2D eigenvalue weighted by molar-refractivity contribution is 0.977. The van der Waals surface area contributed by atoms with Gasteiger partial charge < -0.3 is 0 Å². The van der Waals surface area contributed by atoms with E-state index in [4.69, 9.17) is 22.7 Å². The van der Waals surface area contributed by atoms with Gasteiger partial charge in [0.1, 0.15) is 0 Å². The Labute approximate surface area is 118 Å². The lowest BCUT2D eigenvalue weighted by Gasteiger charge is -2.23. The minimum Gasteiger partial charge on any atom is -0.198 e. The largest absolute Gasteiger partial charge is 0.198 e. The minimum atomic E-state index is -0.0517. The summed E-state index contributed by atoms with van der Waals surface area (Å²) in [5.74, 6) is -0.0517. The summed E-state index contributed by atoms with van der Waals surface area (Å²) in [6.45, 7) is 0. The van der Waals surface area contributed by atoms with Crippen LogP contribution in [0.1, 0.15) is 23.5 Å². The van der Waals surface area contributed by atoms with Crippen molar-refractivity contribution >= 4 is 17.1 Å². The fraction of sp³-hybridized carbons (Fsp3) is 0.188. The van der Waals surface area contributed by atoms with Gasteiger partial charge in [-0.25, -0.2) is 0 Å². The molecule has 1 atom stereocenters. The van der Waals surface area contributed by atoms with E-state index in [1.54, 1.807) is 0 Å². The highest BCUT2D eigenvalue weighted by atomic mass is 32.1. The molecule has 1 aromatic carbocycles. The van der Waals surface area contributed by atoms with Crippen molar-refractivity contribution in [2.45, 2.75) is 18.8 Å². The Hall–Kier alpha value is -2.23. The molecular formula is C16H12N2S. The molecule has 92 valence electrons. The van der Waals surface area contributed by atoms with Crippen LogP contribution in [0.25, 0.3) is 0 Å². The molecule has 0 fully saturated rings. The quantitative estimate of drug-likeness (QED) is 0.783. The average molecular weight is 264 g/mol. The van der Waals surface area contributed by atoms with Crippen molar-refractivity contribution in [2.24, 2.45) is 0 Å². The van der Waals surface area contributed by atoms with E-state index < -0.39 is 0 Å². The lowest BCUT2D eigenvalue weighted by atomic mass is 9.81. The fourth-order valence-electron chi connectivity index (χ4n) is 2.31. The molecule has 1 aromatic rings. The van der Waals surface area contributed by atoms with Crippen molar-refractivity contribution in [1.29, 1.82) is 10.5 Å². The number of allylic oxidation sites excluding steroid dienone is 4. The molecule has 3 heteroatoms. The summed E-state index contributed by atoms with van der Waals surface area (Å²) < 4.78 is 0. The van der Waals surface area contributed by atoms with Crippen LogP contribution in [0.2, 0.25) is 0 Å². The summed E-state index contributed by atoms with van der Waals surface area (Å²) >= 11 is 5.42. The number of benzene rings is 1. The Kier molecular flexibility index (Phi) is 4.23. The van der Waals surface area contributed by atoms with Crippen molar-refractivity contribution < 1.29 is 0 Å². The maximum absolute atomic E-state index is 8.93. The average Bonchev–Trinajstić information content (AvgIpc) is 2.41. The van der Waals surface area contributed by atoms with Gasteiger partial charge in [0.05, 0.1) is 25.0 Å². The van der Waals surface area contributed by atoms with Crippen LogP contribution in [0.5, 0.6) is 0 Å². The minimum absolute atomic E-state index is 0.0517. The first kappa shape index (κ1) is 13.2. The highest BCUT2D eigenvalue weighted by Gasteiger charge is 2.23. The van der Waals surface area contributed by atoms with Crippen LogP contribution in [0.15, 0.2) is 48.1 Å². The van der Waals surface area contributed by atoms with E-state index in [-0.39, 0.29) is 5.92 Å². The van der Waals surface area contributed by atoms with Crippen molar-refractivity contribution in [2.75, 3.05) is 0 Å².